The number of aromatic nitrogens is 1. The highest BCUT2D eigenvalue weighted by Crippen LogP contribution is 2.35. The van der Waals surface area contributed by atoms with Gasteiger partial charge in [-0.1, -0.05) is 37.4 Å². The molecule has 10 heteroatoms. The van der Waals surface area contributed by atoms with Crippen LogP contribution in [0.15, 0.2) is 60.8 Å². The van der Waals surface area contributed by atoms with Crippen molar-refractivity contribution in [2.24, 2.45) is 0 Å². The van der Waals surface area contributed by atoms with Gasteiger partial charge in [-0.3, -0.25) is 14.6 Å². The Kier molecular flexibility index (Phi) is 10.7. The normalized spacial score (nSPS) is 12.1. The third-order valence-electron chi connectivity index (χ3n) is 6.04. The summed E-state index contributed by atoms with van der Waals surface area (Å²) in [5, 5.41) is 12.1. The number of hydrogen-bond donors (Lipinski definition) is 2. The molecule has 3 aromatic rings. The van der Waals surface area contributed by atoms with Gasteiger partial charge >= 0.3 is 12.1 Å². The maximum absolute atomic E-state index is 12.9. The molecule has 0 fully saturated rings. The number of ketones is 1. The van der Waals surface area contributed by atoms with Gasteiger partial charge in [0.05, 0.1) is 28.5 Å². The fourth-order valence-electron chi connectivity index (χ4n) is 3.90. The van der Waals surface area contributed by atoms with E-state index in [1.807, 2.05) is 12.1 Å². The summed E-state index contributed by atoms with van der Waals surface area (Å²) in [6.45, 7) is 2.44. The molecule has 0 unspecified atom stereocenters. The van der Waals surface area contributed by atoms with Crippen LogP contribution in [0, 0.1) is 0 Å². The number of benzene rings is 2. The van der Waals surface area contributed by atoms with E-state index in [4.69, 9.17) is 21.4 Å². The average molecular weight is 563 g/mol. The number of nitrogens with zero attached hydrogens (tertiary/aromatic N) is 1. The van der Waals surface area contributed by atoms with Gasteiger partial charge in [0, 0.05) is 29.7 Å². The molecule has 1 aromatic heterocycles. The Morgan fingerprint density at radius 3 is 2.38 bits per heavy atom. The first-order valence-electron chi connectivity index (χ1n) is 12.6. The van der Waals surface area contributed by atoms with Crippen LogP contribution in [-0.4, -0.2) is 34.5 Å². The summed E-state index contributed by atoms with van der Waals surface area (Å²) >= 11 is 6.08. The van der Waals surface area contributed by atoms with Crippen molar-refractivity contribution >= 4 is 29.0 Å². The molecule has 1 heterocycles. The molecule has 2 N–H and O–H groups in total. The van der Waals surface area contributed by atoms with Gasteiger partial charge in [-0.25, -0.2) is 0 Å². The molecule has 2 aromatic carbocycles. The number of carbonyl (C=O) groups is 2. The van der Waals surface area contributed by atoms with Gasteiger partial charge in [-0.15, -0.1) is 0 Å². The molecule has 0 aliphatic heterocycles. The van der Waals surface area contributed by atoms with Crippen LogP contribution >= 0.6 is 11.6 Å². The molecule has 0 saturated carbocycles. The smallest absolute Gasteiger partial charge is 0.416 e. The van der Waals surface area contributed by atoms with Crippen LogP contribution in [-0.2, 0) is 11.0 Å². The third kappa shape index (κ3) is 9.28. The predicted octanol–water partition coefficient (Wildman–Crippen LogP) is 7.91. The molecule has 0 aliphatic carbocycles. The molecule has 39 heavy (non-hydrogen) atoms. The average Bonchev–Trinajstić information content (AvgIpc) is 2.90. The van der Waals surface area contributed by atoms with E-state index in [0.29, 0.717) is 35.6 Å². The second kappa shape index (κ2) is 14.0. The van der Waals surface area contributed by atoms with E-state index in [1.54, 1.807) is 24.3 Å². The van der Waals surface area contributed by atoms with Gasteiger partial charge in [-0.2, -0.15) is 13.2 Å². The minimum absolute atomic E-state index is 0.0221. The number of ether oxygens (including phenoxy) is 1. The fraction of sp³-hybridized carbons (Fsp3) is 0.345. The van der Waals surface area contributed by atoms with Crippen LogP contribution < -0.4 is 10.1 Å². The minimum Gasteiger partial charge on any atom is -0.490 e. The van der Waals surface area contributed by atoms with E-state index in [-0.39, 0.29) is 29.7 Å². The molecule has 208 valence electrons. The quantitative estimate of drug-likeness (QED) is 0.194. The highest BCUT2D eigenvalue weighted by atomic mass is 35.5. The zero-order valence-electron chi connectivity index (χ0n) is 21.4. The number of rotatable bonds is 14. The lowest BCUT2D eigenvalue weighted by atomic mass is 10.0. The minimum atomic E-state index is -4.47. The van der Waals surface area contributed by atoms with Crippen molar-refractivity contribution in [3.8, 4) is 17.0 Å². The van der Waals surface area contributed by atoms with Gasteiger partial charge in [0.1, 0.15) is 12.4 Å². The monoisotopic (exact) mass is 562 g/mol. The number of hydrogen-bond acceptors (Lipinski definition) is 5. The lowest BCUT2D eigenvalue weighted by molar-refractivity contribution is -0.138. The van der Waals surface area contributed by atoms with Crippen molar-refractivity contribution in [3.05, 3.63) is 76.9 Å². The van der Waals surface area contributed by atoms with Crippen molar-refractivity contribution < 1.29 is 32.6 Å². The van der Waals surface area contributed by atoms with Crippen LogP contribution in [0.4, 0.5) is 18.9 Å². The number of carboxylic acid groups (broad SMARTS) is 1. The van der Waals surface area contributed by atoms with Gasteiger partial charge in [0.15, 0.2) is 5.78 Å². The summed E-state index contributed by atoms with van der Waals surface area (Å²) in [6, 6.07) is 13.5. The summed E-state index contributed by atoms with van der Waals surface area (Å²) in [6.07, 6.45) is 0.312. The zero-order chi connectivity index (χ0) is 28.4. The molecule has 0 radical (unpaired) electrons. The van der Waals surface area contributed by atoms with Gasteiger partial charge in [-0.05, 0) is 61.4 Å². The lowest BCUT2D eigenvalue weighted by Crippen LogP contribution is -2.27. The molecule has 3 rings (SSSR count). The number of unbranched alkanes of at least 4 members (excludes halogenated alkanes) is 1. The van der Waals surface area contributed by atoms with Crippen molar-refractivity contribution in [3.63, 3.8) is 0 Å². The number of anilines is 1. The molecule has 0 spiro atoms. The highest BCUT2D eigenvalue weighted by molar-refractivity contribution is 6.33. The first kappa shape index (κ1) is 30.0. The number of nitrogens with one attached hydrogen (secondary N) is 1. The maximum Gasteiger partial charge on any atom is 0.416 e. The molecule has 1 atom stereocenters. The summed E-state index contributed by atoms with van der Waals surface area (Å²) < 4.78 is 44.7. The van der Waals surface area contributed by atoms with Crippen molar-refractivity contribution in [1.82, 2.24) is 4.98 Å². The molecular formula is C29H30ClF3N2O4. The van der Waals surface area contributed by atoms with Crippen molar-refractivity contribution in [2.45, 2.75) is 57.7 Å². The topological polar surface area (TPSA) is 88.5 Å². The van der Waals surface area contributed by atoms with Crippen molar-refractivity contribution in [2.75, 3.05) is 11.9 Å². The second-order valence-corrected chi connectivity index (χ2v) is 9.52. The Morgan fingerprint density at radius 2 is 1.79 bits per heavy atom. The summed E-state index contributed by atoms with van der Waals surface area (Å²) in [5.41, 5.74) is 1.36. The van der Waals surface area contributed by atoms with Crippen LogP contribution in [0.5, 0.6) is 5.75 Å². The van der Waals surface area contributed by atoms with Gasteiger partial charge in [0.2, 0.25) is 0 Å². The maximum atomic E-state index is 12.9. The summed E-state index contributed by atoms with van der Waals surface area (Å²) in [4.78, 5) is 27.2. The van der Waals surface area contributed by atoms with Crippen LogP contribution in [0.3, 0.4) is 0 Å². The van der Waals surface area contributed by atoms with Crippen LogP contribution in [0.1, 0.15) is 61.4 Å². The Balaban J connectivity index is 1.59. The fourth-order valence-corrected chi connectivity index (χ4v) is 4.18. The Morgan fingerprint density at radius 1 is 1.05 bits per heavy atom. The van der Waals surface area contributed by atoms with E-state index in [9.17, 15) is 22.8 Å². The number of Topliss-reactive ketones (excluding diaryl/α,β-unsaturated/α-hetero) is 1. The predicted molar refractivity (Wildman–Crippen MR) is 144 cm³/mol. The first-order valence-corrected chi connectivity index (χ1v) is 13.0. The van der Waals surface area contributed by atoms with Gasteiger partial charge < -0.3 is 15.2 Å². The molecular weight excluding hydrogens is 533 g/mol. The highest BCUT2D eigenvalue weighted by Gasteiger charge is 2.31. The molecule has 0 saturated heterocycles. The Labute approximate surface area is 230 Å². The van der Waals surface area contributed by atoms with E-state index in [1.165, 1.54) is 12.3 Å². The summed E-state index contributed by atoms with van der Waals surface area (Å²) in [7, 11) is 0. The molecule has 0 amide bonds. The number of carboxylic acids is 1. The SMILES string of the molecule is CCCC[C@@H](COc1ccc(-c2ccc(C(F)(F)F)cc2Cl)nc1)Nc1ccc(C(=O)CCCC(=O)O)cc1. The number of pyridine rings is 1. The van der Waals surface area contributed by atoms with Crippen LogP contribution in [0.25, 0.3) is 11.3 Å². The van der Waals surface area contributed by atoms with E-state index >= 15 is 0 Å². The molecule has 0 bridgehead atoms. The van der Waals surface area contributed by atoms with Gasteiger partial charge in [0.25, 0.3) is 0 Å². The second-order valence-electron chi connectivity index (χ2n) is 9.11. The Bertz CT molecular complexity index is 1250. The largest absolute Gasteiger partial charge is 0.490 e. The number of alkyl halides is 3. The number of aliphatic carboxylic acids is 1. The van der Waals surface area contributed by atoms with Crippen molar-refractivity contribution in [1.29, 1.82) is 0 Å². The lowest BCUT2D eigenvalue weighted by Gasteiger charge is -2.20. The van der Waals surface area contributed by atoms with E-state index in [2.05, 4.69) is 17.2 Å². The first-order chi connectivity index (χ1) is 18.6. The Hall–Kier alpha value is -3.59. The molecule has 6 nitrogen and oxygen atoms in total. The van der Waals surface area contributed by atoms with E-state index in [0.717, 1.165) is 37.1 Å². The summed E-state index contributed by atoms with van der Waals surface area (Å²) in [5.74, 6) is -0.507. The number of carbonyl (C=O) groups excluding carboxylic acids is 1. The zero-order valence-corrected chi connectivity index (χ0v) is 22.2. The van der Waals surface area contributed by atoms with E-state index < -0.39 is 17.7 Å². The van der Waals surface area contributed by atoms with Crippen LogP contribution in [0.2, 0.25) is 5.02 Å². The molecule has 0 aliphatic rings. The number of halogens is 4. The standard InChI is InChI=1S/C29H30ClF3N2O4/c1-2-3-5-22(35-21-11-8-19(9-12-21)27(36)6-4-7-28(37)38)18-39-23-13-15-26(34-17-23)24-14-10-20(16-25(24)30)29(31,32)33/h8-17,22,35H,2-7,18H2,1H3,(H,37,38)/t22-/m0/s1. The third-order valence-corrected chi connectivity index (χ3v) is 6.35.